The van der Waals surface area contributed by atoms with Gasteiger partial charge in [-0.25, -0.2) is 9.97 Å². The summed E-state index contributed by atoms with van der Waals surface area (Å²) in [6, 6.07) is 0.965. The Balaban J connectivity index is 2.02. The van der Waals surface area contributed by atoms with Gasteiger partial charge in [0.15, 0.2) is 0 Å². The fraction of sp³-hybridized carbons (Fsp3) is 0.600. The van der Waals surface area contributed by atoms with Crippen LogP contribution in [0.1, 0.15) is 0 Å². The molecule has 1 aromatic heterocycles. The highest BCUT2D eigenvalue weighted by Crippen LogP contribution is 2.19. The lowest BCUT2D eigenvalue weighted by Gasteiger charge is -2.37. The van der Waals surface area contributed by atoms with Gasteiger partial charge in [-0.05, 0) is 0 Å². The maximum atomic E-state index is 9.89. The van der Waals surface area contributed by atoms with Crippen LogP contribution in [0.4, 0.5) is 5.82 Å². The number of hydrogen-bond donors (Lipinski definition) is 4. The predicted molar refractivity (Wildman–Crippen MR) is 63.3 cm³/mol. The van der Waals surface area contributed by atoms with Crippen molar-refractivity contribution in [1.29, 1.82) is 0 Å². The van der Waals surface area contributed by atoms with Crippen LogP contribution in [0.5, 0.6) is 0 Å². The van der Waals surface area contributed by atoms with E-state index in [1.54, 1.807) is 0 Å². The lowest BCUT2D eigenvalue weighted by atomic mass is 9.98. The minimum Gasteiger partial charge on any atom is -0.394 e. The van der Waals surface area contributed by atoms with E-state index in [9.17, 15) is 10.2 Å². The fourth-order valence-electron chi connectivity index (χ4n) is 1.77. The number of aromatic nitrogens is 2. The zero-order valence-corrected chi connectivity index (χ0v) is 10.2. The molecule has 0 saturated carbocycles. The van der Waals surface area contributed by atoms with Crippen LogP contribution >= 0.6 is 11.6 Å². The molecule has 2 heterocycles. The van der Waals surface area contributed by atoms with E-state index in [2.05, 4.69) is 15.3 Å². The van der Waals surface area contributed by atoms with Crippen molar-refractivity contribution in [3.63, 3.8) is 0 Å². The summed E-state index contributed by atoms with van der Waals surface area (Å²) in [5.74, 6) is 0.428. The largest absolute Gasteiger partial charge is 0.394 e. The van der Waals surface area contributed by atoms with E-state index in [-0.39, 0.29) is 18.4 Å². The molecule has 0 unspecified atom stereocenters. The molecule has 1 aliphatic heterocycles. The first kappa shape index (κ1) is 13.4. The Labute approximate surface area is 108 Å². The second-order valence-corrected chi connectivity index (χ2v) is 4.40. The van der Waals surface area contributed by atoms with Gasteiger partial charge in [-0.3, -0.25) is 0 Å². The van der Waals surface area contributed by atoms with Crippen molar-refractivity contribution in [2.24, 2.45) is 0 Å². The SMILES string of the molecule is OC[C@H]1OC[C@H](Nc2cc(Cl)ncn2)[C@@H](O)[C@H]1O. The standard InChI is InChI=1S/C10H14ClN3O4/c11-7-1-8(13-4-12-7)14-5-3-18-6(2-15)10(17)9(5)16/h1,4-6,9-10,15-17H,2-3H2,(H,12,13,14)/t5-,6+,9+,10-/m0/s1. The van der Waals surface area contributed by atoms with Crippen LogP contribution in [0.2, 0.25) is 5.15 Å². The number of halogens is 1. The molecular formula is C10H14ClN3O4. The summed E-state index contributed by atoms with van der Waals surface area (Å²) in [5.41, 5.74) is 0. The number of ether oxygens (including phenoxy) is 1. The van der Waals surface area contributed by atoms with Gasteiger partial charge in [-0.1, -0.05) is 11.6 Å². The van der Waals surface area contributed by atoms with Gasteiger partial charge in [0.25, 0.3) is 0 Å². The Bertz CT molecular complexity index is 408. The van der Waals surface area contributed by atoms with Crippen molar-refractivity contribution in [3.8, 4) is 0 Å². The molecule has 1 aromatic rings. The maximum Gasteiger partial charge on any atom is 0.134 e. The van der Waals surface area contributed by atoms with Gasteiger partial charge in [-0.2, -0.15) is 0 Å². The van der Waals surface area contributed by atoms with Gasteiger partial charge in [-0.15, -0.1) is 0 Å². The summed E-state index contributed by atoms with van der Waals surface area (Å²) in [5, 5.41) is 31.7. The molecule has 0 radical (unpaired) electrons. The van der Waals surface area contributed by atoms with Crippen LogP contribution in [0.3, 0.4) is 0 Å². The van der Waals surface area contributed by atoms with Crippen LogP contribution in [-0.2, 0) is 4.74 Å². The van der Waals surface area contributed by atoms with Crippen molar-refractivity contribution < 1.29 is 20.1 Å². The Hall–Kier alpha value is -0.990. The molecule has 1 fully saturated rings. The van der Waals surface area contributed by atoms with Gasteiger partial charge < -0.3 is 25.4 Å². The molecule has 100 valence electrons. The monoisotopic (exact) mass is 275 g/mol. The Morgan fingerprint density at radius 2 is 2.17 bits per heavy atom. The Morgan fingerprint density at radius 3 is 2.83 bits per heavy atom. The summed E-state index contributed by atoms with van der Waals surface area (Å²) in [6.07, 6.45) is -1.71. The van der Waals surface area contributed by atoms with Crippen molar-refractivity contribution in [3.05, 3.63) is 17.5 Å². The lowest BCUT2D eigenvalue weighted by molar-refractivity contribution is -0.152. The van der Waals surface area contributed by atoms with Crippen molar-refractivity contribution in [2.75, 3.05) is 18.5 Å². The molecule has 8 heteroatoms. The van der Waals surface area contributed by atoms with Crippen LogP contribution in [0.15, 0.2) is 12.4 Å². The van der Waals surface area contributed by atoms with Gasteiger partial charge >= 0.3 is 0 Å². The second kappa shape index (κ2) is 5.77. The van der Waals surface area contributed by atoms with Gasteiger partial charge in [0.1, 0.15) is 35.6 Å². The van der Waals surface area contributed by atoms with Crippen molar-refractivity contribution >= 4 is 17.4 Å². The molecule has 1 aliphatic rings. The summed E-state index contributed by atoms with van der Waals surface area (Å²) in [7, 11) is 0. The third-order valence-corrected chi connectivity index (χ3v) is 2.99. The number of anilines is 1. The molecule has 0 bridgehead atoms. The third kappa shape index (κ3) is 2.88. The molecule has 4 N–H and O–H groups in total. The van der Waals surface area contributed by atoms with E-state index in [4.69, 9.17) is 21.4 Å². The molecule has 0 aliphatic carbocycles. The number of aliphatic hydroxyl groups excluding tert-OH is 3. The first-order valence-corrected chi connectivity index (χ1v) is 5.82. The topological polar surface area (TPSA) is 108 Å². The van der Waals surface area contributed by atoms with E-state index in [1.807, 2.05) is 0 Å². The first-order chi connectivity index (χ1) is 8.61. The van der Waals surface area contributed by atoms with Crippen LogP contribution in [0, 0.1) is 0 Å². The van der Waals surface area contributed by atoms with Crippen LogP contribution < -0.4 is 5.32 Å². The summed E-state index contributed by atoms with van der Waals surface area (Å²) < 4.78 is 5.23. The number of hydrogen-bond acceptors (Lipinski definition) is 7. The summed E-state index contributed by atoms with van der Waals surface area (Å²) in [6.45, 7) is -0.199. The van der Waals surface area contributed by atoms with Crippen LogP contribution in [-0.4, -0.2) is 62.9 Å². The number of rotatable bonds is 3. The molecule has 0 aromatic carbocycles. The molecule has 0 spiro atoms. The quantitative estimate of drug-likeness (QED) is 0.525. The second-order valence-electron chi connectivity index (χ2n) is 4.01. The zero-order valence-electron chi connectivity index (χ0n) is 9.40. The number of aliphatic hydroxyl groups is 3. The minimum atomic E-state index is -1.15. The van der Waals surface area contributed by atoms with E-state index in [0.29, 0.717) is 5.82 Å². The first-order valence-electron chi connectivity index (χ1n) is 5.44. The van der Waals surface area contributed by atoms with E-state index < -0.39 is 24.4 Å². The normalized spacial score (nSPS) is 32.2. The van der Waals surface area contributed by atoms with Gasteiger partial charge in [0, 0.05) is 6.07 Å². The highest BCUT2D eigenvalue weighted by molar-refractivity contribution is 6.29. The average molecular weight is 276 g/mol. The number of nitrogens with zero attached hydrogens (tertiary/aromatic N) is 2. The molecule has 18 heavy (non-hydrogen) atoms. The molecule has 7 nitrogen and oxygen atoms in total. The Kier molecular flexibility index (Phi) is 4.31. The molecule has 0 amide bonds. The molecule has 4 atom stereocenters. The molecule has 2 rings (SSSR count). The van der Waals surface area contributed by atoms with Gasteiger partial charge in [0.2, 0.25) is 0 Å². The highest BCUT2D eigenvalue weighted by Gasteiger charge is 2.38. The van der Waals surface area contributed by atoms with Crippen molar-refractivity contribution in [1.82, 2.24) is 9.97 Å². The maximum absolute atomic E-state index is 9.89. The minimum absolute atomic E-state index is 0.144. The molecule has 1 saturated heterocycles. The average Bonchev–Trinajstić information content (AvgIpc) is 2.35. The summed E-state index contributed by atoms with van der Waals surface area (Å²) >= 11 is 5.71. The van der Waals surface area contributed by atoms with E-state index in [1.165, 1.54) is 12.4 Å². The van der Waals surface area contributed by atoms with E-state index >= 15 is 0 Å². The summed E-state index contributed by atoms with van der Waals surface area (Å²) in [4.78, 5) is 7.66. The van der Waals surface area contributed by atoms with Crippen LogP contribution in [0.25, 0.3) is 0 Å². The van der Waals surface area contributed by atoms with Crippen molar-refractivity contribution in [2.45, 2.75) is 24.4 Å². The smallest absolute Gasteiger partial charge is 0.134 e. The predicted octanol–water partition coefficient (Wildman–Crippen LogP) is -0.977. The van der Waals surface area contributed by atoms with Gasteiger partial charge in [0.05, 0.1) is 19.3 Å². The number of nitrogens with one attached hydrogen (secondary N) is 1. The Morgan fingerprint density at radius 1 is 1.39 bits per heavy atom. The lowest BCUT2D eigenvalue weighted by Crippen LogP contribution is -2.56. The molecular weight excluding hydrogens is 262 g/mol. The van der Waals surface area contributed by atoms with E-state index in [0.717, 1.165) is 0 Å². The highest BCUT2D eigenvalue weighted by atomic mass is 35.5. The third-order valence-electron chi connectivity index (χ3n) is 2.78. The zero-order chi connectivity index (χ0) is 13.1. The fourth-order valence-corrected chi connectivity index (χ4v) is 1.92.